The smallest absolute Gasteiger partial charge is 0.203 e. The molecule has 0 saturated heterocycles. The topological polar surface area (TPSA) is 26.3 Å². The van der Waals surface area contributed by atoms with Crippen LogP contribution >= 0.6 is 11.3 Å². The molecule has 0 radical (unpaired) electrons. The molecule has 1 heterocycles. The van der Waals surface area contributed by atoms with Crippen molar-refractivity contribution < 1.29 is 9.53 Å². The van der Waals surface area contributed by atoms with Gasteiger partial charge in [-0.05, 0) is 54.6 Å². The molecular formula is C15H16O2S. The van der Waals surface area contributed by atoms with Crippen LogP contribution in [0.15, 0.2) is 35.7 Å². The predicted octanol–water partition coefficient (Wildman–Crippen LogP) is 4.08. The average Bonchev–Trinajstić information content (AvgIpc) is 2.82. The largest absolute Gasteiger partial charge is 0.494 e. The molecule has 0 fully saturated rings. The molecule has 0 aliphatic carbocycles. The number of ether oxygens (including phenoxy) is 1. The maximum atomic E-state index is 12.2. The molecule has 2 rings (SSSR count). The summed E-state index contributed by atoms with van der Waals surface area (Å²) in [6.45, 7) is 4.73. The van der Waals surface area contributed by atoms with E-state index in [4.69, 9.17) is 4.74 Å². The van der Waals surface area contributed by atoms with Crippen LogP contribution in [0.5, 0.6) is 5.75 Å². The van der Waals surface area contributed by atoms with E-state index >= 15 is 0 Å². The first-order valence-corrected chi connectivity index (χ1v) is 6.92. The van der Waals surface area contributed by atoms with E-state index < -0.39 is 0 Å². The van der Waals surface area contributed by atoms with Gasteiger partial charge in [0.25, 0.3) is 0 Å². The normalized spacial score (nSPS) is 10.3. The van der Waals surface area contributed by atoms with Gasteiger partial charge >= 0.3 is 0 Å². The van der Waals surface area contributed by atoms with Crippen molar-refractivity contribution in [3.63, 3.8) is 0 Å². The lowest BCUT2D eigenvalue weighted by molar-refractivity contribution is 0.104. The van der Waals surface area contributed by atoms with Crippen LogP contribution in [0.4, 0.5) is 0 Å². The molecule has 3 heteroatoms. The Morgan fingerprint density at radius 1 is 1.22 bits per heavy atom. The number of hydrogen-bond donors (Lipinski definition) is 0. The minimum absolute atomic E-state index is 0.0875. The van der Waals surface area contributed by atoms with Crippen LogP contribution in [-0.4, -0.2) is 12.4 Å². The minimum atomic E-state index is 0.0875. The van der Waals surface area contributed by atoms with Gasteiger partial charge < -0.3 is 4.74 Å². The number of hydrogen-bond acceptors (Lipinski definition) is 3. The van der Waals surface area contributed by atoms with Gasteiger partial charge in [-0.25, -0.2) is 0 Å². The van der Waals surface area contributed by atoms with Crippen molar-refractivity contribution in [2.45, 2.75) is 20.3 Å². The Hall–Kier alpha value is -1.61. The number of carbonyl (C=O) groups is 1. The second-order valence-electron chi connectivity index (χ2n) is 4.13. The molecule has 0 amide bonds. The summed E-state index contributed by atoms with van der Waals surface area (Å²) in [5.41, 5.74) is 1.75. The van der Waals surface area contributed by atoms with Gasteiger partial charge in [0.05, 0.1) is 11.5 Å². The highest BCUT2D eigenvalue weighted by molar-refractivity contribution is 7.12. The van der Waals surface area contributed by atoms with E-state index in [2.05, 4.69) is 6.92 Å². The molecule has 0 aliphatic heterocycles. The van der Waals surface area contributed by atoms with E-state index in [9.17, 15) is 4.79 Å². The Balaban J connectivity index is 2.15. The molecule has 1 aromatic carbocycles. The summed E-state index contributed by atoms with van der Waals surface area (Å²) in [6.07, 6.45) is 0.981. The van der Waals surface area contributed by atoms with Crippen molar-refractivity contribution in [3.05, 3.63) is 51.7 Å². The van der Waals surface area contributed by atoms with E-state index in [-0.39, 0.29) is 5.78 Å². The fourth-order valence-electron chi connectivity index (χ4n) is 1.66. The summed E-state index contributed by atoms with van der Waals surface area (Å²) < 4.78 is 5.50. The van der Waals surface area contributed by atoms with Crippen molar-refractivity contribution in [2.24, 2.45) is 0 Å². The summed E-state index contributed by atoms with van der Waals surface area (Å²) >= 11 is 1.49. The summed E-state index contributed by atoms with van der Waals surface area (Å²) in [5.74, 6) is 0.904. The molecule has 2 aromatic rings. The molecule has 1 aromatic heterocycles. The predicted molar refractivity (Wildman–Crippen MR) is 74.7 cm³/mol. The monoisotopic (exact) mass is 260 g/mol. The highest BCUT2D eigenvalue weighted by atomic mass is 32.1. The van der Waals surface area contributed by atoms with Gasteiger partial charge in [0.15, 0.2) is 0 Å². The van der Waals surface area contributed by atoms with Crippen molar-refractivity contribution >= 4 is 17.1 Å². The van der Waals surface area contributed by atoms with Gasteiger partial charge in [0, 0.05) is 5.56 Å². The number of thiophene rings is 1. The molecule has 18 heavy (non-hydrogen) atoms. The Kier molecular flexibility index (Phi) is 4.15. The number of carbonyl (C=O) groups excluding carboxylic acids is 1. The number of aryl methyl sites for hydroxylation is 1. The zero-order valence-corrected chi connectivity index (χ0v) is 11.4. The third kappa shape index (κ3) is 2.79. The van der Waals surface area contributed by atoms with Crippen molar-refractivity contribution in [1.29, 1.82) is 0 Å². The fourth-order valence-corrected chi connectivity index (χ4v) is 2.55. The van der Waals surface area contributed by atoms with Crippen molar-refractivity contribution in [2.75, 3.05) is 6.61 Å². The maximum absolute atomic E-state index is 12.2. The van der Waals surface area contributed by atoms with E-state index in [1.165, 1.54) is 11.3 Å². The Morgan fingerprint density at radius 2 is 1.94 bits per heavy atom. The highest BCUT2D eigenvalue weighted by Gasteiger charge is 2.12. The first-order chi connectivity index (χ1) is 8.72. The fraction of sp³-hybridized carbons (Fsp3) is 0.267. The molecule has 0 unspecified atom stereocenters. The standard InChI is InChI=1S/C15H16O2S/c1-3-9-17-13-6-4-12(5-7-13)14(16)15-11(2)8-10-18-15/h4-8,10H,3,9H2,1-2H3. The van der Waals surface area contributed by atoms with Gasteiger partial charge in [-0.2, -0.15) is 0 Å². The van der Waals surface area contributed by atoms with Gasteiger partial charge in [-0.3, -0.25) is 4.79 Å². The molecule has 0 aliphatic rings. The van der Waals surface area contributed by atoms with E-state index in [0.717, 1.165) is 22.6 Å². The highest BCUT2D eigenvalue weighted by Crippen LogP contribution is 2.21. The first-order valence-electron chi connectivity index (χ1n) is 6.04. The summed E-state index contributed by atoms with van der Waals surface area (Å²) in [6, 6.07) is 9.33. The van der Waals surface area contributed by atoms with Crippen LogP contribution in [0.1, 0.15) is 34.1 Å². The number of rotatable bonds is 5. The van der Waals surface area contributed by atoms with Crippen molar-refractivity contribution in [1.82, 2.24) is 0 Å². The zero-order valence-electron chi connectivity index (χ0n) is 10.6. The van der Waals surface area contributed by atoms with Gasteiger partial charge in [0.2, 0.25) is 5.78 Å². The lowest BCUT2D eigenvalue weighted by Crippen LogP contribution is -2.01. The van der Waals surface area contributed by atoms with Crippen LogP contribution in [0.3, 0.4) is 0 Å². The van der Waals surface area contributed by atoms with E-state index in [0.29, 0.717) is 12.2 Å². The number of benzene rings is 1. The first kappa shape index (κ1) is 12.8. The quantitative estimate of drug-likeness (QED) is 0.757. The van der Waals surface area contributed by atoms with Crippen LogP contribution in [-0.2, 0) is 0 Å². The molecule has 0 spiro atoms. The second-order valence-corrected chi connectivity index (χ2v) is 5.05. The second kappa shape index (κ2) is 5.83. The van der Waals surface area contributed by atoms with Gasteiger partial charge in [-0.1, -0.05) is 6.92 Å². The van der Waals surface area contributed by atoms with Crippen molar-refractivity contribution in [3.8, 4) is 5.75 Å². The van der Waals surface area contributed by atoms with Crippen LogP contribution in [0.25, 0.3) is 0 Å². The average molecular weight is 260 g/mol. The van der Waals surface area contributed by atoms with Gasteiger partial charge in [-0.15, -0.1) is 11.3 Å². The lowest BCUT2D eigenvalue weighted by atomic mass is 10.1. The van der Waals surface area contributed by atoms with Crippen LogP contribution < -0.4 is 4.74 Å². The molecular weight excluding hydrogens is 244 g/mol. The zero-order chi connectivity index (χ0) is 13.0. The lowest BCUT2D eigenvalue weighted by Gasteiger charge is -2.05. The van der Waals surface area contributed by atoms with Crippen LogP contribution in [0, 0.1) is 6.92 Å². The number of ketones is 1. The van der Waals surface area contributed by atoms with E-state index in [1.54, 1.807) is 0 Å². The third-order valence-electron chi connectivity index (χ3n) is 2.66. The van der Waals surface area contributed by atoms with Gasteiger partial charge in [0.1, 0.15) is 5.75 Å². The molecule has 94 valence electrons. The maximum Gasteiger partial charge on any atom is 0.203 e. The molecule has 0 N–H and O–H groups in total. The Bertz CT molecular complexity index is 526. The molecule has 0 bridgehead atoms. The SMILES string of the molecule is CCCOc1ccc(C(=O)c2sccc2C)cc1. The van der Waals surface area contributed by atoms with Crippen LogP contribution in [0.2, 0.25) is 0 Å². The minimum Gasteiger partial charge on any atom is -0.494 e. The molecule has 2 nitrogen and oxygen atoms in total. The molecule has 0 atom stereocenters. The summed E-state index contributed by atoms with van der Waals surface area (Å²) in [5, 5.41) is 1.95. The summed E-state index contributed by atoms with van der Waals surface area (Å²) in [7, 11) is 0. The Labute approximate surface area is 111 Å². The van der Waals surface area contributed by atoms with E-state index in [1.807, 2.05) is 42.6 Å². The Morgan fingerprint density at radius 3 is 2.50 bits per heavy atom. The summed E-state index contributed by atoms with van der Waals surface area (Å²) in [4.78, 5) is 13.0. The third-order valence-corrected chi connectivity index (χ3v) is 3.67. The molecule has 0 saturated carbocycles.